The topological polar surface area (TPSA) is 71.2 Å². The van der Waals surface area contributed by atoms with Crippen LogP contribution in [0.2, 0.25) is 0 Å². The number of imidazole rings is 1. The molecule has 7 nitrogen and oxygen atoms in total. The number of pyridine rings is 1. The Morgan fingerprint density at radius 1 is 1.06 bits per heavy atom. The van der Waals surface area contributed by atoms with Crippen molar-refractivity contribution in [3.05, 3.63) is 36.0 Å². The third-order valence-corrected chi connectivity index (χ3v) is 8.41. The summed E-state index contributed by atoms with van der Waals surface area (Å²) in [5.41, 5.74) is 5.95. The number of nitrogens with zero attached hydrogens (tertiary/aromatic N) is 6. The largest absolute Gasteiger partial charge is 0.348 e. The number of thiazole rings is 1. The highest BCUT2D eigenvalue weighted by atomic mass is 32.1. The predicted octanol–water partition coefficient (Wildman–Crippen LogP) is 4.52. The summed E-state index contributed by atoms with van der Waals surface area (Å²) in [7, 11) is 2.20. The molecule has 0 aliphatic carbocycles. The Morgan fingerprint density at radius 2 is 1.81 bits per heavy atom. The number of piperidine rings is 1. The van der Waals surface area contributed by atoms with Crippen molar-refractivity contribution >= 4 is 32.3 Å². The zero-order valence-corrected chi connectivity index (χ0v) is 20.1. The van der Waals surface area contributed by atoms with Crippen molar-refractivity contribution in [2.24, 2.45) is 0 Å². The summed E-state index contributed by atoms with van der Waals surface area (Å²) < 4.78 is 3.19. The maximum absolute atomic E-state index is 4.93. The van der Waals surface area contributed by atoms with Crippen molar-refractivity contribution in [1.82, 2.24) is 29.7 Å². The van der Waals surface area contributed by atoms with Gasteiger partial charge in [0.2, 0.25) is 0 Å². The molecule has 166 valence electrons. The molecule has 1 unspecified atom stereocenters. The zero-order valence-electron chi connectivity index (χ0n) is 19.3. The van der Waals surface area contributed by atoms with Crippen LogP contribution >= 0.6 is 11.3 Å². The van der Waals surface area contributed by atoms with Crippen LogP contribution in [0.15, 0.2) is 24.7 Å². The van der Waals surface area contributed by atoms with Gasteiger partial charge in [0.15, 0.2) is 10.8 Å². The van der Waals surface area contributed by atoms with Gasteiger partial charge in [-0.3, -0.25) is 9.97 Å². The minimum absolute atomic E-state index is 0.242. The van der Waals surface area contributed by atoms with Crippen molar-refractivity contribution in [2.45, 2.75) is 70.5 Å². The second-order valence-electron chi connectivity index (χ2n) is 10.3. The van der Waals surface area contributed by atoms with Gasteiger partial charge < -0.3 is 14.6 Å². The number of rotatable bonds is 3. The molecule has 8 heteroatoms. The maximum Gasteiger partial charge on any atom is 0.186 e. The lowest BCUT2D eigenvalue weighted by Gasteiger charge is -2.45. The summed E-state index contributed by atoms with van der Waals surface area (Å²) in [5, 5.41) is 4.96. The van der Waals surface area contributed by atoms with Crippen LogP contribution in [0, 0.1) is 13.8 Å². The van der Waals surface area contributed by atoms with Crippen LogP contribution in [0.4, 0.5) is 5.13 Å². The molecule has 4 aromatic rings. The predicted molar refractivity (Wildman–Crippen MR) is 129 cm³/mol. The maximum atomic E-state index is 4.93. The van der Waals surface area contributed by atoms with Gasteiger partial charge in [0, 0.05) is 36.6 Å². The van der Waals surface area contributed by atoms with Gasteiger partial charge in [-0.1, -0.05) is 11.3 Å². The smallest absolute Gasteiger partial charge is 0.186 e. The second kappa shape index (κ2) is 6.71. The van der Waals surface area contributed by atoms with Crippen molar-refractivity contribution in [3.8, 4) is 11.4 Å². The van der Waals surface area contributed by atoms with E-state index in [1.807, 2.05) is 36.8 Å². The first-order valence-corrected chi connectivity index (χ1v) is 12.1. The Hall–Kier alpha value is -2.58. The molecule has 2 saturated heterocycles. The zero-order chi connectivity index (χ0) is 22.3. The summed E-state index contributed by atoms with van der Waals surface area (Å²) >= 11 is 1.75. The van der Waals surface area contributed by atoms with E-state index in [9.17, 15) is 0 Å². The van der Waals surface area contributed by atoms with E-state index in [2.05, 4.69) is 47.1 Å². The van der Waals surface area contributed by atoms with Crippen LogP contribution in [-0.4, -0.2) is 48.5 Å². The number of anilines is 1. The molecule has 0 amide bonds. The number of hydrogen-bond acceptors (Lipinski definition) is 7. The number of nitrogens with one attached hydrogen (secondary N) is 1. The van der Waals surface area contributed by atoms with Crippen LogP contribution in [-0.2, 0) is 0 Å². The van der Waals surface area contributed by atoms with E-state index in [0.29, 0.717) is 6.04 Å². The van der Waals surface area contributed by atoms with Crippen molar-refractivity contribution in [1.29, 1.82) is 0 Å². The van der Waals surface area contributed by atoms with Crippen LogP contribution in [0.3, 0.4) is 0 Å². The third kappa shape index (κ3) is 3.19. The van der Waals surface area contributed by atoms with Gasteiger partial charge in [0.05, 0.1) is 28.0 Å². The molecule has 32 heavy (non-hydrogen) atoms. The van der Waals surface area contributed by atoms with Gasteiger partial charge in [-0.05, 0) is 59.4 Å². The van der Waals surface area contributed by atoms with Crippen LogP contribution < -0.4 is 10.2 Å². The van der Waals surface area contributed by atoms with Gasteiger partial charge in [-0.2, -0.15) is 0 Å². The Balaban J connectivity index is 1.33. The molecule has 6 rings (SSSR count). The highest BCUT2D eigenvalue weighted by Gasteiger charge is 2.49. The SMILES string of the molecule is Cc1cn2cc(-c3cc4sc(N(C)C5C[C@]6(C)CC[C@](C)(C5)N6)nc4cn3)nc2c(C)n1. The van der Waals surface area contributed by atoms with Gasteiger partial charge in [-0.25, -0.2) is 9.97 Å². The molecule has 2 aliphatic heterocycles. The van der Waals surface area contributed by atoms with Crippen LogP contribution in [0.1, 0.15) is 50.9 Å². The van der Waals surface area contributed by atoms with Crippen LogP contribution in [0.25, 0.3) is 27.3 Å². The summed E-state index contributed by atoms with van der Waals surface area (Å²) in [4.78, 5) is 21.3. The van der Waals surface area contributed by atoms with Crippen molar-refractivity contribution in [3.63, 3.8) is 0 Å². The number of fused-ring (bicyclic) bond motifs is 4. The fraction of sp³-hybridized carbons (Fsp3) is 0.500. The molecule has 0 saturated carbocycles. The Kier molecular flexibility index (Phi) is 4.21. The van der Waals surface area contributed by atoms with Crippen molar-refractivity contribution in [2.75, 3.05) is 11.9 Å². The van der Waals surface area contributed by atoms with E-state index >= 15 is 0 Å². The fourth-order valence-corrected chi connectivity index (χ4v) is 6.80. The molecule has 2 fully saturated rings. The van der Waals surface area contributed by atoms with Crippen LogP contribution in [0.5, 0.6) is 0 Å². The molecule has 3 atom stereocenters. The van der Waals surface area contributed by atoms with E-state index in [0.717, 1.165) is 56.6 Å². The summed E-state index contributed by atoms with van der Waals surface area (Å²) in [6, 6.07) is 2.62. The molecule has 0 radical (unpaired) electrons. The first-order valence-electron chi connectivity index (χ1n) is 11.3. The second-order valence-corrected chi connectivity index (χ2v) is 11.3. The minimum Gasteiger partial charge on any atom is -0.348 e. The Bertz CT molecular complexity index is 1340. The number of hydrogen-bond donors (Lipinski definition) is 1. The molecule has 1 N–H and O–H groups in total. The molecule has 2 aliphatic rings. The van der Waals surface area contributed by atoms with E-state index in [1.54, 1.807) is 11.3 Å². The molecule has 6 heterocycles. The standard InChI is InChI=1S/C24H29N7S/c1-14-12-31-13-19(27-21(31)15(2)26-14)17-8-20-18(11-25-17)28-22(32-20)30(5)16-9-23(3)6-7-24(4,10-16)29-23/h8,11-13,16,29H,6-7,9-10H2,1-5H3/t16?,23-,24+. The van der Waals surface area contributed by atoms with Gasteiger partial charge in [-0.15, -0.1) is 0 Å². The van der Waals surface area contributed by atoms with Crippen molar-refractivity contribution < 1.29 is 0 Å². The molecule has 2 bridgehead atoms. The molecule has 0 spiro atoms. The number of aromatic nitrogens is 5. The Morgan fingerprint density at radius 3 is 2.56 bits per heavy atom. The van der Waals surface area contributed by atoms with E-state index in [4.69, 9.17) is 9.97 Å². The monoisotopic (exact) mass is 447 g/mol. The lowest BCUT2D eigenvalue weighted by atomic mass is 9.84. The lowest BCUT2D eigenvalue weighted by Crippen LogP contribution is -2.58. The highest BCUT2D eigenvalue weighted by molar-refractivity contribution is 7.22. The third-order valence-electron chi connectivity index (χ3n) is 7.31. The Labute approximate surface area is 191 Å². The number of aryl methyl sites for hydroxylation is 2. The normalized spacial score (nSPS) is 27.5. The summed E-state index contributed by atoms with van der Waals surface area (Å²) in [5.74, 6) is 0. The fourth-order valence-electron chi connectivity index (χ4n) is 5.79. The quantitative estimate of drug-likeness (QED) is 0.498. The molecule has 0 aromatic carbocycles. The summed E-state index contributed by atoms with van der Waals surface area (Å²) in [6.07, 6.45) is 10.8. The first-order chi connectivity index (χ1) is 15.2. The van der Waals surface area contributed by atoms with E-state index in [-0.39, 0.29) is 11.1 Å². The molecular formula is C24H29N7S. The highest BCUT2D eigenvalue weighted by Crippen LogP contribution is 2.44. The summed E-state index contributed by atoms with van der Waals surface area (Å²) in [6.45, 7) is 8.75. The average molecular weight is 448 g/mol. The first kappa shape index (κ1) is 20.1. The molecular weight excluding hydrogens is 418 g/mol. The molecule has 4 aromatic heterocycles. The van der Waals surface area contributed by atoms with Gasteiger partial charge in [0.1, 0.15) is 11.2 Å². The van der Waals surface area contributed by atoms with Gasteiger partial charge in [0.25, 0.3) is 0 Å². The van der Waals surface area contributed by atoms with E-state index in [1.165, 1.54) is 12.8 Å². The van der Waals surface area contributed by atoms with E-state index < -0.39 is 0 Å². The lowest BCUT2D eigenvalue weighted by molar-refractivity contribution is 0.208. The van der Waals surface area contributed by atoms with Gasteiger partial charge >= 0.3 is 0 Å². The minimum atomic E-state index is 0.242. The average Bonchev–Trinajstić information content (AvgIpc) is 3.40.